The van der Waals surface area contributed by atoms with Crippen LogP contribution in [-0.2, 0) is 0 Å². The van der Waals surface area contributed by atoms with Gasteiger partial charge in [-0.15, -0.1) is 0 Å². The van der Waals surface area contributed by atoms with E-state index in [0.717, 1.165) is 11.5 Å². The molecule has 0 amide bonds. The lowest BCUT2D eigenvalue weighted by Gasteiger charge is -2.04. The largest absolute Gasteiger partial charge is 0.369 e. The Balaban J connectivity index is 2.72. The number of hydrogen-bond acceptors (Lipinski definition) is 5. The second kappa shape index (κ2) is 3.87. The Hall–Kier alpha value is -1.36. The molecular formula is C7H13N5. The molecule has 0 unspecified atom stereocenters. The van der Waals surface area contributed by atoms with Crippen molar-refractivity contribution < 1.29 is 0 Å². The van der Waals surface area contributed by atoms with Crippen molar-refractivity contribution in [3.8, 4) is 0 Å². The van der Waals surface area contributed by atoms with E-state index in [4.69, 9.17) is 11.5 Å². The maximum atomic E-state index is 5.44. The van der Waals surface area contributed by atoms with Gasteiger partial charge in [-0.1, -0.05) is 0 Å². The summed E-state index contributed by atoms with van der Waals surface area (Å²) < 4.78 is 0. The smallest absolute Gasteiger partial charge is 0.222 e. The zero-order valence-corrected chi connectivity index (χ0v) is 7.04. The molecular weight excluding hydrogens is 154 g/mol. The van der Waals surface area contributed by atoms with Gasteiger partial charge in [-0.2, -0.15) is 4.98 Å². The second-order valence-electron chi connectivity index (χ2n) is 2.47. The number of hydrogen-bond donors (Lipinski definition) is 3. The fourth-order valence-electron chi connectivity index (χ4n) is 0.882. The lowest BCUT2D eigenvalue weighted by Crippen LogP contribution is -2.14. The van der Waals surface area contributed by atoms with Crippen molar-refractivity contribution in [2.45, 2.75) is 6.92 Å². The highest BCUT2D eigenvalue weighted by Gasteiger charge is 1.96. The number of aromatic nitrogens is 2. The van der Waals surface area contributed by atoms with Gasteiger partial charge in [-0.05, 0) is 6.92 Å². The molecule has 0 bridgehead atoms. The lowest BCUT2D eigenvalue weighted by atomic mass is 10.4. The highest BCUT2D eigenvalue weighted by atomic mass is 15.1. The lowest BCUT2D eigenvalue weighted by molar-refractivity contribution is 1.00. The third-order valence-electron chi connectivity index (χ3n) is 1.32. The SMILES string of the molecule is Cc1cc(NCCN)nc(N)n1. The summed E-state index contributed by atoms with van der Waals surface area (Å²) in [5.41, 5.74) is 11.6. The van der Waals surface area contributed by atoms with Crippen molar-refractivity contribution in [1.82, 2.24) is 9.97 Å². The van der Waals surface area contributed by atoms with Gasteiger partial charge in [0.15, 0.2) is 0 Å². The average molecular weight is 167 g/mol. The third-order valence-corrected chi connectivity index (χ3v) is 1.32. The Morgan fingerprint density at radius 1 is 1.50 bits per heavy atom. The van der Waals surface area contributed by atoms with E-state index in [9.17, 15) is 0 Å². The fraction of sp³-hybridized carbons (Fsp3) is 0.429. The molecule has 0 spiro atoms. The standard InChI is InChI=1S/C7H13N5/c1-5-4-6(10-3-2-8)12-7(9)11-5/h4H,2-3,8H2,1H3,(H3,9,10,11,12). The molecule has 66 valence electrons. The van der Waals surface area contributed by atoms with Crippen molar-refractivity contribution in [2.75, 3.05) is 24.1 Å². The molecule has 1 aromatic heterocycles. The van der Waals surface area contributed by atoms with E-state index in [1.54, 1.807) is 0 Å². The van der Waals surface area contributed by atoms with Crippen LogP contribution in [0.4, 0.5) is 11.8 Å². The zero-order valence-electron chi connectivity index (χ0n) is 7.04. The molecule has 0 aromatic carbocycles. The van der Waals surface area contributed by atoms with Crippen LogP contribution in [0, 0.1) is 6.92 Å². The molecule has 0 atom stereocenters. The monoisotopic (exact) mass is 167 g/mol. The predicted octanol–water partition coefficient (Wildman–Crippen LogP) is -0.262. The van der Waals surface area contributed by atoms with Crippen molar-refractivity contribution in [1.29, 1.82) is 0 Å². The Morgan fingerprint density at radius 2 is 2.25 bits per heavy atom. The van der Waals surface area contributed by atoms with Gasteiger partial charge in [0.25, 0.3) is 0 Å². The van der Waals surface area contributed by atoms with Gasteiger partial charge in [0.2, 0.25) is 5.95 Å². The summed E-state index contributed by atoms with van der Waals surface area (Å²) in [6.07, 6.45) is 0. The van der Waals surface area contributed by atoms with Crippen LogP contribution in [0.5, 0.6) is 0 Å². The summed E-state index contributed by atoms with van der Waals surface area (Å²) in [5, 5.41) is 3.02. The molecule has 0 aliphatic carbocycles. The molecule has 12 heavy (non-hydrogen) atoms. The molecule has 1 rings (SSSR count). The molecule has 5 heteroatoms. The molecule has 0 saturated heterocycles. The van der Waals surface area contributed by atoms with Crippen molar-refractivity contribution in [2.24, 2.45) is 5.73 Å². The minimum Gasteiger partial charge on any atom is -0.369 e. The number of anilines is 2. The fourth-order valence-corrected chi connectivity index (χ4v) is 0.882. The molecule has 0 aliphatic rings. The van der Waals surface area contributed by atoms with E-state index in [1.165, 1.54) is 0 Å². The number of aryl methyl sites for hydroxylation is 1. The van der Waals surface area contributed by atoms with Gasteiger partial charge in [-0.3, -0.25) is 0 Å². The first-order valence-electron chi connectivity index (χ1n) is 3.77. The van der Waals surface area contributed by atoms with Gasteiger partial charge in [0.05, 0.1) is 0 Å². The predicted molar refractivity (Wildman–Crippen MR) is 48.7 cm³/mol. The highest BCUT2D eigenvalue weighted by Crippen LogP contribution is 2.05. The topological polar surface area (TPSA) is 89.8 Å². The normalized spacial score (nSPS) is 9.83. The van der Waals surface area contributed by atoms with Crippen molar-refractivity contribution >= 4 is 11.8 Å². The quantitative estimate of drug-likeness (QED) is 0.577. The van der Waals surface area contributed by atoms with Crippen molar-refractivity contribution in [3.63, 3.8) is 0 Å². The summed E-state index contributed by atoms with van der Waals surface area (Å²) in [5.74, 6) is 1.01. The van der Waals surface area contributed by atoms with Gasteiger partial charge >= 0.3 is 0 Å². The van der Waals surface area contributed by atoms with Crippen LogP contribution < -0.4 is 16.8 Å². The number of nitrogens with zero attached hydrogens (tertiary/aromatic N) is 2. The van der Waals surface area contributed by atoms with E-state index >= 15 is 0 Å². The van der Waals surface area contributed by atoms with Crippen LogP contribution in [0.1, 0.15) is 5.69 Å². The first-order chi connectivity index (χ1) is 5.72. The molecule has 5 N–H and O–H groups in total. The summed E-state index contributed by atoms with van der Waals surface area (Å²) in [7, 11) is 0. The highest BCUT2D eigenvalue weighted by molar-refractivity contribution is 5.39. The number of rotatable bonds is 3. The minimum atomic E-state index is 0.287. The van der Waals surface area contributed by atoms with Gasteiger partial charge in [0, 0.05) is 24.8 Å². The summed E-state index contributed by atoms with van der Waals surface area (Å²) >= 11 is 0. The second-order valence-corrected chi connectivity index (χ2v) is 2.47. The van der Waals surface area contributed by atoms with E-state index in [2.05, 4.69) is 15.3 Å². The van der Waals surface area contributed by atoms with Crippen molar-refractivity contribution in [3.05, 3.63) is 11.8 Å². The van der Waals surface area contributed by atoms with Crippen LogP contribution >= 0.6 is 0 Å². The number of nitrogens with two attached hydrogens (primary N) is 2. The minimum absolute atomic E-state index is 0.287. The Bertz CT molecular complexity index is 240. The first-order valence-corrected chi connectivity index (χ1v) is 3.77. The maximum absolute atomic E-state index is 5.44. The van der Waals surface area contributed by atoms with Crippen LogP contribution in [0.25, 0.3) is 0 Å². The molecule has 0 radical (unpaired) electrons. The van der Waals surface area contributed by atoms with Crippen LogP contribution in [-0.4, -0.2) is 23.1 Å². The van der Waals surface area contributed by atoms with Crippen LogP contribution in [0.15, 0.2) is 6.07 Å². The Labute approximate surface area is 71.2 Å². The summed E-state index contributed by atoms with van der Waals surface area (Å²) in [6, 6.07) is 1.83. The van der Waals surface area contributed by atoms with E-state index in [1.807, 2.05) is 13.0 Å². The summed E-state index contributed by atoms with van der Waals surface area (Å²) in [4.78, 5) is 7.91. The molecule has 0 saturated carbocycles. The zero-order chi connectivity index (χ0) is 8.97. The van der Waals surface area contributed by atoms with Crippen LogP contribution in [0.3, 0.4) is 0 Å². The number of nitrogens with one attached hydrogen (secondary N) is 1. The third kappa shape index (κ3) is 2.35. The Morgan fingerprint density at radius 3 is 2.83 bits per heavy atom. The average Bonchev–Trinajstić information content (AvgIpc) is 1.99. The molecule has 5 nitrogen and oxygen atoms in total. The van der Waals surface area contributed by atoms with Crippen LogP contribution in [0.2, 0.25) is 0 Å². The van der Waals surface area contributed by atoms with Gasteiger partial charge in [-0.25, -0.2) is 4.98 Å². The summed E-state index contributed by atoms with van der Waals surface area (Å²) in [6.45, 7) is 3.13. The van der Waals surface area contributed by atoms with E-state index in [-0.39, 0.29) is 5.95 Å². The van der Waals surface area contributed by atoms with Gasteiger partial charge < -0.3 is 16.8 Å². The molecule has 1 aromatic rings. The van der Waals surface area contributed by atoms with E-state index in [0.29, 0.717) is 13.1 Å². The first kappa shape index (κ1) is 8.73. The molecule has 0 fully saturated rings. The number of nitrogen functional groups attached to an aromatic ring is 1. The molecule has 0 aliphatic heterocycles. The van der Waals surface area contributed by atoms with E-state index < -0.39 is 0 Å². The Kier molecular flexibility index (Phi) is 2.82. The molecule has 1 heterocycles. The maximum Gasteiger partial charge on any atom is 0.222 e. The van der Waals surface area contributed by atoms with Gasteiger partial charge in [0.1, 0.15) is 5.82 Å².